The second kappa shape index (κ2) is 9.79. The number of non-ortho nitro benzene ring substituents is 1. The first kappa shape index (κ1) is 22.4. The highest BCUT2D eigenvalue weighted by atomic mass is 32.1. The highest BCUT2D eigenvalue weighted by Crippen LogP contribution is 2.25. The van der Waals surface area contributed by atoms with Crippen LogP contribution in [0.5, 0.6) is 0 Å². The van der Waals surface area contributed by atoms with Gasteiger partial charge in [0.2, 0.25) is 0 Å². The van der Waals surface area contributed by atoms with Gasteiger partial charge in [-0.15, -0.1) is 0 Å². The fourth-order valence-electron chi connectivity index (χ4n) is 2.95. The van der Waals surface area contributed by atoms with Crippen LogP contribution in [0.4, 0.5) is 17.1 Å². The number of hydrogen-bond acceptors (Lipinski definition) is 7. The van der Waals surface area contributed by atoms with Gasteiger partial charge in [0.05, 0.1) is 11.2 Å². The molecule has 0 unspecified atom stereocenters. The van der Waals surface area contributed by atoms with Crippen molar-refractivity contribution in [2.75, 3.05) is 10.6 Å². The molecule has 4 rings (SSSR count). The minimum absolute atomic E-state index is 0.0124. The van der Waals surface area contributed by atoms with Gasteiger partial charge < -0.3 is 19.5 Å². The minimum Gasteiger partial charge on any atom is -0.459 e. The predicted octanol–water partition coefficient (Wildman–Crippen LogP) is 4.83. The maximum Gasteiger partial charge on any atom is 0.293 e. The number of nitro benzene ring substituents is 1. The fourth-order valence-corrected chi connectivity index (χ4v) is 3.16. The van der Waals surface area contributed by atoms with Gasteiger partial charge in [-0.05, 0) is 60.7 Å². The zero-order valence-corrected chi connectivity index (χ0v) is 18.1. The van der Waals surface area contributed by atoms with E-state index in [1.807, 2.05) is 0 Å². The van der Waals surface area contributed by atoms with E-state index in [1.165, 1.54) is 30.5 Å². The van der Waals surface area contributed by atoms with Gasteiger partial charge in [0.15, 0.2) is 16.6 Å². The Kier molecular flexibility index (Phi) is 6.46. The molecule has 4 aromatic rings. The highest BCUT2D eigenvalue weighted by Gasteiger charge is 2.15. The maximum atomic E-state index is 12.5. The summed E-state index contributed by atoms with van der Waals surface area (Å²) in [5, 5.41) is 19.0. The number of nitro groups is 1. The Morgan fingerprint density at radius 2 is 1.59 bits per heavy atom. The number of hydrogen-bond donors (Lipinski definition) is 3. The number of nitrogens with zero attached hydrogens (tertiary/aromatic N) is 1. The van der Waals surface area contributed by atoms with Crippen LogP contribution in [0.3, 0.4) is 0 Å². The second-order valence-electron chi connectivity index (χ2n) is 6.89. The molecule has 0 bridgehead atoms. The van der Waals surface area contributed by atoms with Crippen LogP contribution in [-0.2, 0) is 0 Å². The molecule has 34 heavy (non-hydrogen) atoms. The van der Waals surface area contributed by atoms with Gasteiger partial charge in [-0.3, -0.25) is 25.0 Å². The van der Waals surface area contributed by atoms with Crippen LogP contribution < -0.4 is 16.0 Å². The molecule has 0 saturated heterocycles. The Balaban J connectivity index is 1.33. The van der Waals surface area contributed by atoms with Crippen molar-refractivity contribution in [2.45, 2.75) is 0 Å². The van der Waals surface area contributed by atoms with Crippen LogP contribution in [0.15, 0.2) is 87.9 Å². The second-order valence-corrected chi connectivity index (χ2v) is 7.30. The van der Waals surface area contributed by atoms with E-state index in [9.17, 15) is 19.7 Å². The van der Waals surface area contributed by atoms with Crippen LogP contribution in [0.1, 0.15) is 21.1 Å². The van der Waals surface area contributed by atoms with Crippen molar-refractivity contribution in [2.24, 2.45) is 0 Å². The van der Waals surface area contributed by atoms with Crippen LogP contribution in [-0.4, -0.2) is 21.9 Å². The molecule has 170 valence electrons. The molecule has 0 aliphatic carbocycles. The van der Waals surface area contributed by atoms with Gasteiger partial charge >= 0.3 is 0 Å². The number of rotatable bonds is 6. The van der Waals surface area contributed by atoms with Gasteiger partial charge in [0.25, 0.3) is 17.5 Å². The van der Waals surface area contributed by atoms with E-state index in [0.717, 1.165) is 0 Å². The molecule has 2 aromatic carbocycles. The van der Waals surface area contributed by atoms with E-state index < -0.39 is 10.8 Å². The van der Waals surface area contributed by atoms with E-state index in [2.05, 4.69) is 16.0 Å². The number of carbonyl (C=O) groups is 2. The molecule has 2 aromatic heterocycles. The zero-order valence-electron chi connectivity index (χ0n) is 17.3. The lowest BCUT2D eigenvalue weighted by molar-refractivity contribution is -0.384. The van der Waals surface area contributed by atoms with E-state index in [1.54, 1.807) is 48.5 Å². The largest absolute Gasteiger partial charge is 0.459 e. The summed E-state index contributed by atoms with van der Waals surface area (Å²) < 4.78 is 10.6. The van der Waals surface area contributed by atoms with Crippen molar-refractivity contribution in [1.29, 1.82) is 0 Å². The van der Waals surface area contributed by atoms with Crippen molar-refractivity contribution in [1.82, 2.24) is 5.32 Å². The first-order chi connectivity index (χ1) is 16.4. The standard InChI is InChI=1S/C23H16N4O6S/c28-21(19-5-2-12-32-19)24-15-6-8-16(9-7-15)25-23(34)26-22(29)20-11-10-18(33-20)14-3-1-4-17(13-14)27(30)31/h1-13H,(H,24,28)(H2,25,26,29,34). The summed E-state index contributed by atoms with van der Waals surface area (Å²) in [6.45, 7) is 0. The molecule has 0 aliphatic heterocycles. The number of anilines is 2. The first-order valence-electron chi connectivity index (χ1n) is 9.81. The molecule has 0 atom stereocenters. The van der Waals surface area contributed by atoms with Crippen molar-refractivity contribution in [3.05, 3.63) is 101 Å². The summed E-state index contributed by atoms with van der Waals surface area (Å²) in [4.78, 5) is 34.9. The third-order valence-electron chi connectivity index (χ3n) is 4.54. The van der Waals surface area contributed by atoms with Crippen LogP contribution in [0, 0.1) is 10.1 Å². The molecule has 11 heteroatoms. The van der Waals surface area contributed by atoms with Crippen molar-refractivity contribution in [3.8, 4) is 11.3 Å². The van der Waals surface area contributed by atoms with Crippen LogP contribution in [0.25, 0.3) is 11.3 Å². The SMILES string of the molecule is O=C(Nc1ccc(NC(=S)NC(=O)c2ccc(-c3cccc([N+](=O)[O-])c3)o2)cc1)c1ccco1. The molecule has 10 nitrogen and oxygen atoms in total. The summed E-state index contributed by atoms with van der Waals surface area (Å²) in [6.07, 6.45) is 1.41. The predicted molar refractivity (Wildman–Crippen MR) is 128 cm³/mol. The molecule has 0 fully saturated rings. The number of carbonyl (C=O) groups excluding carboxylic acids is 2. The first-order valence-corrected chi connectivity index (χ1v) is 10.2. The lowest BCUT2D eigenvalue weighted by Crippen LogP contribution is -2.33. The lowest BCUT2D eigenvalue weighted by Gasteiger charge is -2.10. The number of amides is 2. The highest BCUT2D eigenvalue weighted by molar-refractivity contribution is 7.80. The molecule has 0 radical (unpaired) electrons. The van der Waals surface area contributed by atoms with E-state index in [4.69, 9.17) is 21.1 Å². The average molecular weight is 476 g/mol. The van der Waals surface area contributed by atoms with Gasteiger partial charge in [0.1, 0.15) is 5.76 Å². The van der Waals surface area contributed by atoms with Crippen molar-refractivity contribution in [3.63, 3.8) is 0 Å². The monoisotopic (exact) mass is 476 g/mol. The van der Waals surface area contributed by atoms with E-state index in [-0.39, 0.29) is 28.2 Å². The number of nitrogens with one attached hydrogen (secondary N) is 3. The van der Waals surface area contributed by atoms with Gasteiger partial charge in [-0.25, -0.2) is 0 Å². The molecule has 0 aliphatic rings. The molecule has 2 heterocycles. The average Bonchev–Trinajstić information content (AvgIpc) is 3.53. The summed E-state index contributed by atoms with van der Waals surface area (Å²) in [7, 11) is 0. The summed E-state index contributed by atoms with van der Waals surface area (Å²) >= 11 is 5.17. The normalized spacial score (nSPS) is 10.4. The topological polar surface area (TPSA) is 140 Å². The molecule has 2 amide bonds. The van der Waals surface area contributed by atoms with Gasteiger partial charge in [-0.2, -0.15) is 0 Å². The maximum absolute atomic E-state index is 12.5. The molecule has 0 spiro atoms. The zero-order chi connectivity index (χ0) is 24.1. The summed E-state index contributed by atoms with van der Waals surface area (Å²) in [6, 6.07) is 18.7. The number of furan rings is 2. The summed E-state index contributed by atoms with van der Waals surface area (Å²) in [5.41, 5.74) is 1.51. The van der Waals surface area contributed by atoms with Crippen molar-refractivity contribution < 1.29 is 23.3 Å². The minimum atomic E-state index is -0.587. The van der Waals surface area contributed by atoms with Crippen LogP contribution in [0.2, 0.25) is 0 Å². The summed E-state index contributed by atoms with van der Waals surface area (Å²) in [5.74, 6) is -0.479. The Bertz CT molecular complexity index is 1360. The molecular formula is C23H16N4O6S. The Morgan fingerprint density at radius 3 is 2.26 bits per heavy atom. The molecular weight excluding hydrogens is 460 g/mol. The fraction of sp³-hybridized carbons (Fsp3) is 0. The Labute approximate surface area is 197 Å². The molecule has 0 saturated carbocycles. The third-order valence-corrected chi connectivity index (χ3v) is 4.75. The smallest absolute Gasteiger partial charge is 0.293 e. The molecule has 3 N–H and O–H groups in total. The third kappa shape index (κ3) is 5.34. The number of benzene rings is 2. The van der Waals surface area contributed by atoms with Crippen LogP contribution >= 0.6 is 12.2 Å². The Hall–Kier alpha value is -4.77. The van der Waals surface area contributed by atoms with E-state index in [0.29, 0.717) is 22.7 Å². The van der Waals surface area contributed by atoms with E-state index >= 15 is 0 Å². The lowest BCUT2D eigenvalue weighted by atomic mass is 10.1. The van der Waals surface area contributed by atoms with Gasteiger partial charge in [0, 0.05) is 29.1 Å². The van der Waals surface area contributed by atoms with Gasteiger partial charge in [-0.1, -0.05) is 12.1 Å². The quantitative estimate of drug-likeness (QED) is 0.204. The Morgan fingerprint density at radius 1 is 0.853 bits per heavy atom. The number of thiocarbonyl (C=S) groups is 1. The van der Waals surface area contributed by atoms with Crippen molar-refractivity contribution >= 4 is 46.2 Å².